The number of rotatable bonds is 6. The quantitative estimate of drug-likeness (QED) is 0.409. The van der Waals surface area contributed by atoms with Gasteiger partial charge >= 0.3 is 57.4 Å². The van der Waals surface area contributed by atoms with Gasteiger partial charge in [-0.05, 0) is 30.1 Å². The Kier molecular flexibility index (Phi) is 6.75. The zero-order valence-corrected chi connectivity index (χ0v) is 15.2. The summed E-state index contributed by atoms with van der Waals surface area (Å²) in [4.78, 5) is 25.0. The molecule has 0 fully saturated rings. The molecule has 1 heterocycles. The van der Waals surface area contributed by atoms with E-state index in [0.717, 1.165) is 10.9 Å². The van der Waals surface area contributed by atoms with Crippen molar-refractivity contribution in [1.29, 1.82) is 0 Å². The van der Waals surface area contributed by atoms with Gasteiger partial charge in [0.05, 0.1) is 0 Å². The first-order valence-electron chi connectivity index (χ1n) is 6.31. The number of carboxylic acid groups (broad SMARTS) is 2. The Balaban J connectivity index is 0.00000242. The van der Waals surface area contributed by atoms with Gasteiger partial charge in [0.1, 0.15) is 6.04 Å². The molecule has 0 bridgehead atoms. The molecule has 2 atom stereocenters. The molecule has 0 aliphatic rings. The zero-order valence-electron chi connectivity index (χ0n) is 12.1. The van der Waals surface area contributed by atoms with Gasteiger partial charge in [-0.15, -0.1) is 0 Å². The molecule has 2 rings (SSSR count). The molecule has 22 heavy (non-hydrogen) atoms. The molecule has 7 nitrogen and oxygen atoms in total. The van der Waals surface area contributed by atoms with E-state index in [-0.39, 0.29) is 57.8 Å². The largest absolute Gasteiger partial charge is 1.00 e. The van der Waals surface area contributed by atoms with Crippen LogP contribution in [0.25, 0.3) is 10.9 Å². The summed E-state index contributed by atoms with van der Waals surface area (Å²) >= 11 is 0. The van der Waals surface area contributed by atoms with Crippen LogP contribution >= 0.6 is 0 Å². The number of carboxylic acids is 2. The topological polar surface area (TPSA) is 139 Å². The van der Waals surface area contributed by atoms with Crippen LogP contribution in [0.2, 0.25) is 0 Å². The summed E-state index contributed by atoms with van der Waals surface area (Å²) in [5.41, 5.74) is 4.14. The van der Waals surface area contributed by atoms with Crippen LogP contribution in [-0.4, -0.2) is 38.8 Å². The second-order valence-electron chi connectivity index (χ2n) is 4.98. The molecule has 0 radical (unpaired) electrons. The fourth-order valence-corrected chi connectivity index (χ4v) is 2.26. The normalized spacial score (nSPS) is 14.8. The van der Waals surface area contributed by atoms with Crippen LogP contribution in [0.3, 0.4) is 0 Å². The van der Waals surface area contributed by atoms with E-state index in [1.165, 1.54) is 0 Å². The molecule has 2 aromatic rings. The van der Waals surface area contributed by atoms with Crippen molar-refractivity contribution in [1.82, 2.24) is 4.98 Å². The minimum absolute atomic E-state index is 0. The van der Waals surface area contributed by atoms with Crippen LogP contribution in [0.1, 0.15) is 12.0 Å². The van der Waals surface area contributed by atoms with Gasteiger partial charge in [0, 0.05) is 17.1 Å². The molecule has 0 unspecified atom stereocenters. The Hall–Kier alpha value is -0.744. The van der Waals surface area contributed by atoms with Crippen molar-refractivity contribution in [3.05, 3.63) is 36.0 Å². The van der Waals surface area contributed by atoms with Crippen molar-refractivity contribution in [3.8, 4) is 0 Å². The maximum Gasteiger partial charge on any atom is 1.00 e. The number of aliphatic carboxylic acids is 2. The molecule has 1 aromatic carbocycles. The van der Waals surface area contributed by atoms with Crippen molar-refractivity contribution in [2.24, 2.45) is 5.73 Å². The fraction of sp³-hybridized carbons (Fsp3) is 0.286. The van der Waals surface area contributed by atoms with Gasteiger partial charge in [-0.2, -0.15) is 0 Å². The smallest absolute Gasteiger partial charge is 0.841 e. The summed E-state index contributed by atoms with van der Waals surface area (Å²) in [6.45, 7) is 0. The number of hydrogen-bond acceptors (Lipinski definition) is 4. The Bertz CT molecular complexity index is 687. The van der Waals surface area contributed by atoms with Gasteiger partial charge in [-0.3, -0.25) is 9.59 Å². The van der Waals surface area contributed by atoms with Crippen LogP contribution in [0.4, 0.5) is 0 Å². The molecule has 0 saturated carbocycles. The van der Waals surface area contributed by atoms with Crippen LogP contribution in [0.5, 0.6) is 0 Å². The SMILES string of the molecule is N[C@H](C[C@]([O-])(Cc1c[nH]c2ccccc12)C(=O)O)C(=O)O.[K+]. The molecule has 8 heteroatoms. The summed E-state index contributed by atoms with van der Waals surface area (Å²) < 4.78 is 0. The minimum atomic E-state index is -2.48. The maximum atomic E-state index is 12.5. The monoisotopic (exact) mass is 330 g/mol. The van der Waals surface area contributed by atoms with E-state index in [9.17, 15) is 14.7 Å². The van der Waals surface area contributed by atoms with Gasteiger partial charge in [0.15, 0.2) is 0 Å². The van der Waals surface area contributed by atoms with E-state index in [2.05, 4.69) is 4.98 Å². The van der Waals surface area contributed by atoms with Gasteiger partial charge in [-0.1, -0.05) is 18.2 Å². The van der Waals surface area contributed by atoms with E-state index in [4.69, 9.17) is 15.9 Å². The molecular formula is C14H15KN2O5. The molecule has 0 saturated heterocycles. The number of fused-ring (bicyclic) bond motifs is 1. The molecule has 112 valence electrons. The summed E-state index contributed by atoms with van der Waals surface area (Å²) in [5.74, 6) is -3.00. The Labute approximate surface area is 168 Å². The van der Waals surface area contributed by atoms with Crippen molar-refractivity contribution in [2.75, 3.05) is 0 Å². The zero-order chi connectivity index (χ0) is 15.6. The van der Waals surface area contributed by atoms with Crippen LogP contribution in [0, 0.1) is 0 Å². The average Bonchev–Trinajstić information content (AvgIpc) is 2.81. The number of hydrogen-bond donors (Lipinski definition) is 4. The van der Waals surface area contributed by atoms with Crippen LogP contribution in [0.15, 0.2) is 30.5 Å². The van der Waals surface area contributed by atoms with Crippen LogP contribution in [-0.2, 0) is 16.0 Å². The molecule has 0 amide bonds. The summed E-state index contributed by atoms with van der Waals surface area (Å²) in [6.07, 6.45) is 0.539. The number of nitrogens with one attached hydrogen (secondary N) is 1. The first kappa shape index (κ1) is 19.3. The predicted molar refractivity (Wildman–Crippen MR) is 72.6 cm³/mol. The third kappa shape index (κ3) is 4.16. The first-order valence-corrected chi connectivity index (χ1v) is 6.31. The standard InChI is InChI=1S/C14H15N2O5.K/c15-10(12(17)18)6-14(21,13(19)20)5-8-7-16-11-4-2-1-3-9(8)11;/h1-4,7,10,16H,5-6,15H2,(H,17,18)(H,19,20);/q-1;+1/t10-,14-;/m1./s1. The Morgan fingerprint density at radius 1 is 1.32 bits per heavy atom. The number of nitrogens with two attached hydrogens (primary N) is 1. The molecule has 1 aromatic heterocycles. The third-order valence-electron chi connectivity index (χ3n) is 3.41. The second-order valence-corrected chi connectivity index (χ2v) is 4.98. The summed E-state index contributed by atoms with van der Waals surface area (Å²) in [6, 6.07) is 5.64. The number of carbonyl (C=O) groups is 2. The van der Waals surface area contributed by atoms with E-state index in [0.29, 0.717) is 5.56 Å². The number of aromatic amines is 1. The maximum absolute atomic E-state index is 12.5. The second kappa shape index (κ2) is 7.69. The predicted octanol–water partition coefficient (Wildman–Crippen LogP) is -3.30. The number of benzene rings is 1. The molecule has 0 aliphatic heterocycles. The number of H-pyrrole nitrogens is 1. The minimum Gasteiger partial charge on any atom is -0.841 e. The van der Waals surface area contributed by atoms with Crippen molar-refractivity contribution in [3.63, 3.8) is 0 Å². The summed E-state index contributed by atoms with van der Waals surface area (Å²) in [7, 11) is 0. The fourth-order valence-electron chi connectivity index (χ4n) is 2.26. The molecule has 0 spiro atoms. The van der Waals surface area contributed by atoms with Gasteiger partial charge in [-0.25, -0.2) is 0 Å². The molecular weight excluding hydrogens is 315 g/mol. The number of para-hydroxylation sites is 1. The van der Waals surface area contributed by atoms with Crippen LogP contribution < -0.4 is 62.2 Å². The van der Waals surface area contributed by atoms with E-state index in [1.54, 1.807) is 24.4 Å². The van der Waals surface area contributed by atoms with Gasteiger partial charge < -0.3 is 26.0 Å². The van der Waals surface area contributed by atoms with Gasteiger partial charge in [0.2, 0.25) is 0 Å². The summed E-state index contributed by atoms with van der Waals surface area (Å²) in [5, 5.41) is 31.1. The van der Waals surface area contributed by atoms with Crippen molar-refractivity contribution < 1.29 is 76.3 Å². The Morgan fingerprint density at radius 3 is 2.55 bits per heavy atom. The first-order chi connectivity index (χ1) is 9.83. The van der Waals surface area contributed by atoms with Gasteiger partial charge in [0.25, 0.3) is 5.97 Å². The Morgan fingerprint density at radius 2 is 1.95 bits per heavy atom. The molecule has 5 N–H and O–H groups in total. The van der Waals surface area contributed by atoms with E-state index >= 15 is 0 Å². The van der Waals surface area contributed by atoms with E-state index < -0.39 is 30.0 Å². The van der Waals surface area contributed by atoms with E-state index in [1.807, 2.05) is 6.07 Å². The van der Waals surface area contributed by atoms with Crippen molar-refractivity contribution >= 4 is 22.8 Å². The van der Waals surface area contributed by atoms with Crippen molar-refractivity contribution in [2.45, 2.75) is 24.5 Å². The molecule has 0 aliphatic carbocycles. The average molecular weight is 330 g/mol. The third-order valence-corrected chi connectivity index (χ3v) is 3.41. The number of aromatic nitrogens is 1.